The predicted molar refractivity (Wildman–Crippen MR) is 108 cm³/mol. The number of nitrogens with two attached hydrogens (primary N) is 1. The van der Waals surface area contributed by atoms with E-state index in [4.69, 9.17) is 10.5 Å². The normalized spacial score (nSPS) is 24.6. The lowest BCUT2D eigenvalue weighted by Crippen LogP contribution is -2.33. The number of halogens is 1. The van der Waals surface area contributed by atoms with Crippen molar-refractivity contribution in [1.29, 1.82) is 0 Å². The molecule has 1 aliphatic heterocycles. The number of aromatic nitrogens is 4. The molecular weight excluding hydrogens is 446 g/mol. The van der Waals surface area contributed by atoms with Gasteiger partial charge >= 0.3 is 0 Å². The summed E-state index contributed by atoms with van der Waals surface area (Å²) in [6.07, 6.45) is -1.77. The van der Waals surface area contributed by atoms with E-state index in [0.717, 1.165) is 10.0 Å². The Kier molecular flexibility index (Phi) is 5.43. The molecule has 0 saturated carbocycles. The van der Waals surface area contributed by atoms with Gasteiger partial charge in [-0.3, -0.25) is 4.57 Å². The van der Waals surface area contributed by atoms with Gasteiger partial charge in [0, 0.05) is 4.47 Å². The van der Waals surface area contributed by atoms with Gasteiger partial charge in [-0.25, -0.2) is 20.4 Å². The summed E-state index contributed by atoms with van der Waals surface area (Å²) in [5.74, 6) is 0.316. The van der Waals surface area contributed by atoms with Crippen LogP contribution in [0.1, 0.15) is 11.8 Å². The number of hydrazone groups is 1. The van der Waals surface area contributed by atoms with Crippen LogP contribution in [0.3, 0.4) is 0 Å². The zero-order valence-corrected chi connectivity index (χ0v) is 16.5. The van der Waals surface area contributed by atoms with E-state index in [1.165, 1.54) is 10.9 Å². The van der Waals surface area contributed by atoms with Crippen LogP contribution in [0.5, 0.6) is 0 Å². The highest BCUT2D eigenvalue weighted by atomic mass is 79.9. The van der Waals surface area contributed by atoms with Gasteiger partial charge in [0.15, 0.2) is 23.2 Å². The SMILES string of the molecule is Nc1ncnc2c1nc(NN=Cc1ccc(Br)cc1)n2C1OC(CO)C(O)C1O. The molecule has 12 heteroatoms. The Morgan fingerprint density at radius 2 is 2.00 bits per heavy atom. The number of fused-ring (bicyclic) bond motifs is 1. The molecule has 152 valence electrons. The fourth-order valence-corrected chi connectivity index (χ4v) is 3.32. The monoisotopic (exact) mass is 463 g/mol. The van der Waals surface area contributed by atoms with Gasteiger partial charge in [-0.1, -0.05) is 28.1 Å². The average molecular weight is 464 g/mol. The smallest absolute Gasteiger partial charge is 0.228 e. The number of nitrogen functional groups attached to an aromatic ring is 1. The van der Waals surface area contributed by atoms with Gasteiger partial charge in [-0.05, 0) is 17.7 Å². The van der Waals surface area contributed by atoms with E-state index >= 15 is 0 Å². The summed E-state index contributed by atoms with van der Waals surface area (Å²) in [6, 6.07) is 7.50. The Labute approximate surface area is 173 Å². The van der Waals surface area contributed by atoms with Crippen molar-refractivity contribution in [2.75, 3.05) is 17.8 Å². The van der Waals surface area contributed by atoms with Crippen LogP contribution in [0.2, 0.25) is 0 Å². The number of benzene rings is 1. The third-order valence-electron chi connectivity index (χ3n) is 4.53. The van der Waals surface area contributed by atoms with Gasteiger partial charge in [-0.15, -0.1) is 0 Å². The average Bonchev–Trinajstić information content (AvgIpc) is 3.22. The fourth-order valence-electron chi connectivity index (χ4n) is 3.05. The second kappa shape index (κ2) is 8.00. The van der Waals surface area contributed by atoms with E-state index in [0.29, 0.717) is 0 Å². The molecule has 4 rings (SSSR count). The third-order valence-corrected chi connectivity index (χ3v) is 5.05. The number of hydrogen-bond donors (Lipinski definition) is 5. The maximum absolute atomic E-state index is 10.4. The molecule has 4 unspecified atom stereocenters. The van der Waals surface area contributed by atoms with Crippen molar-refractivity contribution in [2.45, 2.75) is 24.5 Å². The van der Waals surface area contributed by atoms with Gasteiger partial charge in [-0.2, -0.15) is 5.10 Å². The molecule has 11 nitrogen and oxygen atoms in total. The van der Waals surface area contributed by atoms with E-state index in [1.54, 1.807) is 6.21 Å². The number of aliphatic hydroxyl groups excluding tert-OH is 3. The number of anilines is 2. The Hall–Kier alpha value is -2.64. The molecule has 1 aliphatic rings. The Morgan fingerprint density at radius 1 is 1.24 bits per heavy atom. The maximum atomic E-state index is 10.4. The summed E-state index contributed by atoms with van der Waals surface area (Å²) in [5, 5.41) is 34.1. The second-order valence-electron chi connectivity index (χ2n) is 6.39. The minimum Gasteiger partial charge on any atom is -0.394 e. The highest BCUT2D eigenvalue weighted by Gasteiger charge is 2.45. The molecule has 3 aromatic rings. The quantitative estimate of drug-likeness (QED) is 0.263. The minimum atomic E-state index is -1.32. The summed E-state index contributed by atoms with van der Waals surface area (Å²) in [4.78, 5) is 12.4. The van der Waals surface area contributed by atoms with Crippen LogP contribution in [0.15, 0.2) is 40.2 Å². The maximum Gasteiger partial charge on any atom is 0.228 e. The molecule has 0 bridgehead atoms. The standard InChI is InChI=1S/C17H18BrN7O4/c18-9-3-1-8(2-4-9)5-22-24-17-23-11-14(19)20-7-21-15(11)25(17)16-13(28)12(27)10(6-26)29-16/h1-5,7,10,12-13,16,26-28H,6H2,(H,23,24)(H2,19,20,21). The predicted octanol–water partition coefficient (Wildman–Crippen LogP) is 0.228. The second-order valence-corrected chi connectivity index (χ2v) is 7.30. The molecule has 0 radical (unpaired) electrons. The number of rotatable bonds is 5. The number of nitrogens with one attached hydrogen (secondary N) is 1. The van der Waals surface area contributed by atoms with Crippen molar-refractivity contribution in [2.24, 2.45) is 5.10 Å². The van der Waals surface area contributed by atoms with E-state index in [2.05, 4.69) is 41.4 Å². The molecule has 1 fully saturated rings. The van der Waals surface area contributed by atoms with Crippen LogP contribution in [0.4, 0.5) is 11.8 Å². The summed E-state index contributed by atoms with van der Waals surface area (Å²) in [5.41, 5.74) is 10.1. The van der Waals surface area contributed by atoms with E-state index in [9.17, 15) is 15.3 Å². The summed E-state index contributed by atoms with van der Waals surface area (Å²) in [6.45, 7) is -0.455. The lowest BCUT2D eigenvalue weighted by atomic mass is 10.1. The number of imidazole rings is 1. The van der Waals surface area contributed by atoms with E-state index < -0.39 is 31.1 Å². The number of aliphatic hydroxyl groups is 3. The fraction of sp³-hybridized carbons (Fsp3) is 0.294. The molecule has 3 heterocycles. The van der Waals surface area contributed by atoms with Crippen molar-refractivity contribution in [1.82, 2.24) is 19.5 Å². The molecule has 2 aromatic heterocycles. The van der Waals surface area contributed by atoms with Gasteiger partial charge < -0.3 is 25.8 Å². The lowest BCUT2D eigenvalue weighted by Gasteiger charge is -2.18. The third kappa shape index (κ3) is 3.68. The number of nitrogens with zero attached hydrogens (tertiary/aromatic N) is 5. The highest BCUT2D eigenvalue weighted by molar-refractivity contribution is 9.10. The van der Waals surface area contributed by atoms with Crippen molar-refractivity contribution < 1.29 is 20.1 Å². The topological polar surface area (TPSA) is 164 Å². The summed E-state index contributed by atoms with van der Waals surface area (Å²) in [7, 11) is 0. The van der Waals surface area contributed by atoms with Gasteiger partial charge in [0.1, 0.15) is 24.6 Å². The molecule has 0 spiro atoms. The van der Waals surface area contributed by atoms with Crippen LogP contribution in [-0.4, -0.2) is 66.0 Å². The van der Waals surface area contributed by atoms with Gasteiger partial charge in [0.25, 0.3) is 0 Å². The van der Waals surface area contributed by atoms with Crippen molar-refractivity contribution >= 4 is 45.1 Å². The van der Waals surface area contributed by atoms with Crippen LogP contribution in [0, 0.1) is 0 Å². The molecule has 1 aromatic carbocycles. The van der Waals surface area contributed by atoms with Crippen molar-refractivity contribution in [3.63, 3.8) is 0 Å². The zero-order chi connectivity index (χ0) is 20.5. The summed E-state index contributed by atoms with van der Waals surface area (Å²) < 4.78 is 7.99. The first-order chi connectivity index (χ1) is 14.0. The first-order valence-corrected chi connectivity index (χ1v) is 9.44. The Balaban J connectivity index is 1.71. The molecule has 0 amide bonds. The zero-order valence-electron chi connectivity index (χ0n) is 14.9. The molecule has 29 heavy (non-hydrogen) atoms. The minimum absolute atomic E-state index is 0.139. The number of hydrogen-bond acceptors (Lipinski definition) is 10. The molecule has 1 saturated heterocycles. The van der Waals surface area contributed by atoms with Gasteiger partial charge in [0.05, 0.1) is 12.8 Å². The first kappa shape index (κ1) is 19.7. The van der Waals surface area contributed by atoms with Crippen LogP contribution in [-0.2, 0) is 4.74 Å². The molecule has 0 aliphatic carbocycles. The van der Waals surface area contributed by atoms with Gasteiger partial charge in [0.2, 0.25) is 5.95 Å². The van der Waals surface area contributed by atoms with Crippen molar-refractivity contribution in [3.8, 4) is 0 Å². The first-order valence-electron chi connectivity index (χ1n) is 8.65. The van der Waals surface area contributed by atoms with E-state index in [1.807, 2.05) is 24.3 Å². The highest BCUT2D eigenvalue weighted by Crippen LogP contribution is 2.35. The Morgan fingerprint density at radius 3 is 2.69 bits per heavy atom. The van der Waals surface area contributed by atoms with Crippen LogP contribution >= 0.6 is 15.9 Å². The molecular formula is C17H18BrN7O4. The lowest BCUT2D eigenvalue weighted by molar-refractivity contribution is -0.0501. The Bertz CT molecular complexity index is 1040. The number of ether oxygens (including phenoxy) is 1. The molecule has 4 atom stereocenters. The van der Waals surface area contributed by atoms with E-state index in [-0.39, 0.29) is 22.9 Å². The van der Waals surface area contributed by atoms with Crippen LogP contribution < -0.4 is 11.2 Å². The molecule has 6 N–H and O–H groups in total. The largest absolute Gasteiger partial charge is 0.394 e. The summed E-state index contributed by atoms with van der Waals surface area (Å²) >= 11 is 3.37. The van der Waals surface area contributed by atoms with Crippen LogP contribution in [0.25, 0.3) is 11.2 Å². The van der Waals surface area contributed by atoms with Crippen molar-refractivity contribution in [3.05, 3.63) is 40.6 Å².